The van der Waals surface area contributed by atoms with Crippen molar-refractivity contribution in [3.63, 3.8) is 0 Å². The van der Waals surface area contributed by atoms with Crippen molar-refractivity contribution in [1.29, 1.82) is 0 Å². The van der Waals surface area contributed by atoms with Gasteiger partial charge in [-0.05, 0) is 43.4 Å². The SMILES string of the molecule is O=C(CCc1cn[nH]c1)N1CCCCC1c1ccccn1. The third kappa shape index (κ3) is 3.29. The highest BCUT2D eigenvalue weighted by atomic mass is 16.2. The molecule has 21 heavy (non-hydrogen) atoms. The second-order valence-corrected chi connectivity index (χ2v) is 5.46. The van der Waals surface area contributed by atoms with Gasteiger partial charge in [-0.2, -0.15) is 5.10 Å². The molecule has 1 fully saturated rings. The second kappa shape index (κ2) is 6.52. The molecule has 0 bridgehead atoms. The van der Waals surface area contributed by atoms with Gasteiger partial charge in [-0.15, -0.1) is 0 Å². The molecule has 0 radical (unpaired) electrons. The predicted molar refractivity (Wildman–Crippen MR) is 79.5 cm³/mol. The van der Waals surface area contributed by atoms with Crippen molar-refractivity contribution in [2.75, 3.05) is 6.54 Å². The quantitative estimate of drug-likeness (QED) is 0.938. The van der Waals surface area contributed by atoms with Gasteiger partial charge in [0, 0.05) is 25.4 Å². The highest BCUT2D eigenvalue weighted by molar-refractivity contribution is 5.77. The monoisotopic (exact) mass is 284 g/mol. The molecule has 1 saturated heterocycles. The van der Waals surface area contributed by atoms with Gasteiger partial charge in [-0.25, -0.2) is 0 Å². The number of likely N-dealkylation sites (tertiary alicyclic amines) is 1. The van der Waals surface area contributed by atoms with Gasteiger partial charge in [0.2, 0.25) is 5.91 Å². The van der Waals surface area contributed by atoms with E-state index in [9.17, 15) is 4.79 Å². The van der Waals surface area contributed by atoms with Crippen molar-refractivity contribution >= 4 is 5.91 Å². The molecule has 2 aromatic heterocycles. The number of nitrogens with one attached hydrogen (secondary N) is 1. The van der Waals surface area contributed by atoms with Crippen LogP contribution in [0.5, 0.6) is 0 Å². The molecule has 3 heterocycles. The van der Waals surface area contributed by atoms with E-state index in [2.05, 4.69) is 15.2 Å². The summed E-state index contributed by atoms with van der Waals surface area (Å²) in [5.41, 5.74) is 2.09. The molecule has 0 saturated carbocycles. The zero-order chi connectivity index (χ0) is 14.5. The molecular weight excluding hydrogens is 264 g/mol. The van der Waals surface area contributed by atoms with E-state index in [1.807, 2.05) is 29.3 Å². The number of hydrogen-bond acceptors (Lipinski definition) is 3. The molecule has 1 amide bonds. The van der Waals surface area contributed by atoms with Crippen LogP contribution in [0.1, 0.15) is 43.0 Å². The standard InChI is InChI=1S/C16H20N4O/c21-16(8-7-13-11-18-19-12-13)20-10-4-2-6-15(20)14-5-1-3-9-17-14/h1,3,5,9,11-12,15H,2,4,6-8,10H2,(H,18,19). The summed E-state index contributed by atoms with van der Waals surface area (Å²) in [6, 6.07) is 6.06. The Hall–Kier alpha value is -2.17. The fourth-order valence-corrected chi connectivity index (χ4v) is 2.92. The van der Waals surface area contributed by atoms with Crippen molar-refractivity contribution in [2.45, 2.75) is 38.1 Å². The molecule has 5 nitrogen and oxygen atoms in total. The van der Waals surface area contributed by atoms with E-state index in [0.717, 1.165) is 43.5 Å². The van der Waals surface area contributed by atoms with E-state index in [0.29, 0.717) is 6.42 Å². The maximum Gasteiger partial charge on any atom is 0.223 e. The Balaban J connectivity index is 1.67. The Morgan fingerprint density at radius 3 is 3.10 bits per heavy atom. The maximum atomic E-state index is 12.5. The first kappa shape index (κ1) is 13.8. The van der Waals surface area contributed by atoms with Crippen LogP contribution in [0, 0.1) is 0 Å². The minimum absolute atomic E-state index is 0.136. The summed E-state index contributed by atoms with van der Waals surface area (Å²) in [6.07, 6.45) is 9.95. The van der Waals surface area contributed by atoms with Gasteiger partial charge in [0.05, 0.1) is 17.9 Å². The number of carbonyl (C=O) groups is 1. The van der Waals surface area contributed by atoms with Crippen LogP contribution in [0.4, 0.5) is 0 Å². The average Bonchev–Trinajstić information content (AvgIpc) is 3.07. The number of aromatic amines is 1. The number of aryl methyl sites for hydroxylation is 1. The molecule has 2 aromatic rings. The first-order valence-electron chi connectivity index (χ1n) is 7.52. The zero-order valence-electron chi connectivity index (χ0n) is 12.0. The Morgan fingerprint density at radius 2 is 2.33 bits per heavy atom. The summed E-state index contributed by atoms with van der Waals surface area (Å²) >= 11 is 0. The van der Waals surface area contributed by atoms with E-state index >= 15 is 0 Å². The van der Waals surface area contributed by atoms with Crippen LogP contribution in [-0.2, 0) is 11.2 Å². The lowest BCUT2D eigenvalue weighted by atomic mass is 9.98. The summed E-state index contributed by atoms with van der Waals surface area (Å²) in [4.78, 5) is 19.0. The van der Waals surface area contributed by atoms with Crippen molar-refractivity contribution < 1.29 is 4.79 Å². The summed E-state index contributed by atoms with van der Waals surface area (Å²) in [5.74, 6) is 0.214. The Labute approximate surface area is 124 Å². The lowest BCUT2D eigenvalue weighted by molar-refractivity contribution is -0.135. The smallest absolute Gasteiger partial charge is 0.223 e. The molecule has 5 heteroatoms. The van der Waals surface area contributed by atoms with Crippen molar-refractivity contribution in [2.24, 2.45) is 0 Å². The topological polar surface area (TPSA) is 61.9 Å². The predicted octanol–water partition coefficient (Wildman–Crippen LogP) is 2.49. The maximum absolute atomic E-state index is 12.5. The number of H-pyrrole nitrogens is 1. The van der Waals surface area contributed by atoms with Gasteiger partial charge in [0.1, 0.15) is 0 Å². The van der Waals surface area contributed by atoms with Gasteiger partial charge in [-0.1, -0.05) is 6.07 Å². The van der Waals surface area contributed by atoms with Crippen LogP contribution in [0.3, 0.4) is 0 Å². The minimum Gasteiger partial charge on any atom is -0.334 e. The number of rotatable bonds is 4. The van der Waals surface area contributed by atoms with Crippen LogP contribution in [0.25, 0.3) is 0 Å². The number of piperidine rings is 1. The molecule has 1 aliphatic rings. The van der Waals surface area contributed by atoms with Crippen LogP contribution >= 0.6 is 0 Å². The molecule has 3 rings (SSSR count). The van der Waals surface area contributed by atoms with Crippen LogP contribution in [0.2, 0.25) is 0 Å². The summed E-state index contributed by atoms with van der Waals surface area (Å²) in [5, 5.41) is 6.70. The van der Waals surface area contributed by atoms with E-state index in [4.69, 9.17) is 0 Å². The molecule has 1 aliphatic heterocycles. The first-order valence-corrected chi connectivity index (χ1v) is 7.52. The van der Waals surface area contributed by atoms with Crippen molar-refractivity contribution in [1.82, 2.24) is 20.1 Å². The summed E-state index contributed by atoms with van der Waals surface area (Å²) in [7, 11) is 0. The summed E-state index contributed by atoms with van der Waals surface area (Å²) in [6.45, 7) is 0.839. The normalized spacial score (nSPS) is 18.7. The second-order valence-electron chi connectivity index (χ2n) is 5.46. The fraction of sp³-hybridized carbons (Fsp3) is 0.438. The molecule has 110 valence electrons. The molecule has 0 aromatic carbocycles. The number of carbonyl (C=O) groups excluding carboxylic acids is 1. The molecule has 1 atom stereocenters. The average molecular weight is 284 g/mol. The number of aromatic nitrogens is 3. The number of nitrogens with zero attached hydrogens (tertiary/aromatic N) is 3. The summed E-state index contributed by atoms with van der Waals surface area (Å²) < 4.78 is 0. The number of pyridine rings is 1. The molecular formula is C16H20N4O. The van der Waals surface area contributed by atoms with Gasteiger partial charge in [0.25, 0.3) is 0 Å². The van der Waals surface area contributed by atoms with E-state index in [-0.39, 0.29) is 11.9 Å². The third-order valence-corrected chi connectivity index (χ3v) is 4.03. The van der Waals surface area contributed by atoms with Gasteiger partial charge >= 0.3 is 0 Å². The highest BCUT2D eigenvalue weighted by Gasteiger charge is 2.28. The van der Waals surface area contributed by atoms with Gasteiger partial charge in [-0.3, -0.25) is 14.9 Å². The van der Waals surface area contributed by atoms with E-state index in [1.54, 1.807) is 12.4 Å². The number of amides is 1. The Morgan fingerprint density at radius 1 is 1.38 bits per heavy atom. The van der Waals surface area contributed by atoms with Crippen LogP contribution in [-0.4, -0.2) is 32.5 Å². The third-order valence-electron chi connectivity index (χ3n) is 4.03. The van der Waals surface area contributed by atoms with Crippen molar-refractivity contribution in [3.8, 4) is 0 Å². The number of hydrogen-bond donors (Lipinski definition) is 1. The Bertz CT molecular complexity index is 567. The zero-order valence-corrected chi connectivity index (χ0v) is 12.0. The largest absolute Gasteiger partial charge is 0.334 e. The molecule has 1 N–H and O–H groups in total. The Kier molecular flexibility index (Phi) is 4.28. The lowest BCUT2D eigenvalue weighted by Gasteiger charge is -2.35. The molecule has 1 unspecified atom stereocenters. The van der Waals surface area contributed by atoms with Gasteiger partial charge in [0.15, 0.2) is 0 Å². The molecule has 0 aliphatic carbocycles. The highest BCUT2D eigenvalue weighted by Crippen LogP contribution is 2.30. The van der Waals surface area contributed by atoms with Crippen LogP contribution in [0.15, 0.2) is 36.8 Å². The minimum atomic E-state index is 0.136. The van der Waals surface area contributed by atoms with E-state index in [1.165, 1.54) is 0 Å². The lowest BCUT2D eigenvalue weighted by Crippen LogP contribution is -2.38. The van der Waals surface area contributed by atoms with Gasteiger partial charge < -0.3 is 4.90 Å². The van der Waals surface area contributed by atoms with E-state index < -0.39 is 0 Å². The first-order chi connectivity index (χ1) is 10.3. The molecule has 0 spiro atoms. The van der Waals surface area contributed by atoms with Crippen molar-refractivity contribution in [3.05, 3.63) is 48.0 Å². The van der Waals surface area contributed by atoms with Crippen LogP contribution < -0.4 is 0 Å². The fourth-order valence-electron chi connectivity index (χ4n) is 2.92.